The van der Waals surface area contributed by atoms with Gasteiger partial charge in [-0.3, -0.25) is 0 Å². The predicted molar refractivity (Wildman–Crippen MR) is 55.2 cm³/mol. The summed E-state index contributed by atoms with van der Waals surface area (Å²) in [5.41, 5.74) is -2.38. The van der Waals surface area contributed by atoms with Gasteiger partial charge in [-0.05, 0) is 0 Å². The molecule has 0 radical (unpaired) electrons. The van der Waals surface area contributed by atoms with Gasteiger partial charge in [0.1, 0.15) is 0 Å². The number of carbonyl (C=O) groups is 2. The molecule has 0 saturated carbocycles. The molecule has 0 aromatic rings. The minimum atomic E-state index is -4.17. The topological polar surface area (TPSA) is 71.1 Å². The van der Waals surface area contributed by atoms with Gasteiger partial charge < -0.3 is 0 Å². The van der Waals surface area contributed by atoms with E-state index in [9.17, 15) is 9.59 Å². The van der Waals surface area contributed by atoms with Crippen molar-refractivity contribution in [1.29, 1.82) is 0 Å². The van der Waals surface area contributed by atoms with E-state index >= 15 is 0 Å². The van der Waals surface area contributed by atoms with E-state index in [1.165, 1.54) is 27.7 Å². The Hall–Kier alpha value is -0.191. The van der Waals surface area contributed by atoms with Gasteiger partial charge >= 0.3 is 100 Å². The van der Waals surface area contributed by atoms with Crippen molar-refractivity contribution < 1.29 is 27.7 Å². The molecule has 2 fully saturated rings. The van der Waals surface area contributed by atoms with Gasteiger partial charge in [-0.2, -0.15) is 0 Å². The molecule has 8 heteroatoms. The van der Waals surface area contributed by atoms with Crippen molar-refractivity contribution in [1.82, 2.24) is 0 Å². The van der Waals surface area contributed by atoms with Crippen LogP contribution >= 0.6 is 6.20 Å². The average Bonchev–Trinajstić information content (AvgIpc) is 2.25. The summed E-state index contributed by atoms with van der Waals surface area (Å²) in [5.74, 6) is -1.23. The Bertz CT molecular complexity index is 367. The summed E-state index contributed by atoms with van der Waals surface area (Å²) in [5, 5.41) is 0. The fourth-order valence-electron chi connectivity index (χ4n) is 1.42. The van der Waals surface area contributed by atoms with Gasteiger partial charge in [0, 0.05) is 0 Å². The first kappa shape index (κ1) is 12.3. The van der Waals surface area contributed by atoms with E-state index in [2.05, 4.69) is 15.6 Å². The Kier molecular flexibility index (Phi) is 2.14. The summed E-state index contributed by atoms with van der Waals surface area (Å²) in [4.78, 5) is 23.1. The zero-order valence-corrected chi connectivity index (χ0v) is 11.9. The first-order chi connectivity index (χ1) is 6.97. The van der Waals surface area contributed by atoms with E-state index in [0.717, 1.165) is 0 Å². The summed E-state index contributed by atoms with van der Waals surface area (Å²) in [6.45, 7) is 6.10. The normalized spacial score (nSPS) is 35.2. The van der Waals surface area contributed by atoms with Crippen LogP contribution in [0, 0.1) is 0 Å². The van der Waals surface area contributed by atoms with Crippen LogP contribution in [0.1, 0.15) is 27.7 Å². The SMILES string of the molecule is CC1(C)OP2([Se-])(OC1=O)OC(=O)C(C)(C)O2. The van der Waals surface area contributed by atoms with E-state index in [1.54, 1.807) is 0 Å². The molecular formula is C8H12O6PSe-. The number of hydrogen-bond donors (Lipinski definition) is 0. The molecule has 0 bridgehead atoms. The summed E-state index contributed by atoms with van der Waals surface area (Å²) < 4.78 is 21.0. The third-order valence-electron chi connectivity index (χ3n) is 2.20. The number of carbonyl (C=O) groups excluding carboxylic acids is 2. The second kappa shape index (κ2) is 2.79. The molecule has 6 nitrogen and oxygen atoms in total. The molecule has 0 atom stereocenters. The standard InChI is InChI=1S/C8H12O6PSe/c1-7(2)5(9)11-15(16,13-7)12-6(10)8(3,4)14-15/h1-4H3/q-1. The molecule has 0 aromatic carbocycles. The molecule has 2 aliphatic rings. The summed E-state index contributed by atoms with van der Waals surface area (Å²) in [7, 11) is 0. The monoisotopic (exact) mass is 315 g/mol. The Balaban J connectivity index is 2.42. The minimum absolute atomic E-state index is 0.616. The summed E-state index contributed by atoms with van der Waals surface area (Å²) in [6, 6.07) is 0. The van der Waals surface area contributed by atoms with Crippen LogP contribution in [0.4, 0.5) is 0 Å². The molecule has 0 aliphatic carbocycles. The molecular weight excluding hydrogens is 302 g/mol. The van der Waals surface area contributed by atoms with E-state index < -0.39 is 29.3 Å². The quantitative estimate of drug-likeness (QED) is 0.490. The maximum atomic E-state index is 11.6. The van der Waals surface area contributed by atoms with Crippen molar-refractivity contribution in [2.75, 3.05) is 0 Å². The van der Waals surface area contributed by atoms with Gasteiger partial charge in [-0.15, -0.1) is 0 Å². The molecule has 0 amide bonds. The molecule has 92 valence electrons. The van der Waals surface area contributed by atoms with Crippen LogP contribution in [0.15, 0.2) is 0 Å². The fraction of sp³-hybridized carbons (Fsp3) is 0.750. The first-order valence-electron chi connectivity index (χ1n) is 4.64. The van der Waals surface area contributed by atoms with Crippen LogP contribution in [-0.2, 0) is 27.7 Å². The molecule has 2 rings (SSSR count). The van der Waals surface area contributed by atoms with Gasteiger partial charge in [0.25, 0.3) is 0 Å². The van der Waals surface area contributed by atoms with E-state index in [4.69, 9.17) is 18.1 Å². The zero-order valence-electron chi connectivity index (χ0n) is 9.30. The van der Waals surface area contributed by atoms with Crippen LogP contribution in [0.3, 0.4) is 0 Å². The van der Waals surface area contributed by atoms with Crippen molar-refractivity contribution in [2.24, 2.45) is 0 Å². The zero-order chi connectivity index (χ0) is 12.4. The van der Waals surface area contributed by atoms with Crippen LogP contribution < -0.4 is 0 Å². The van der Waals surface area contributed by atoms with Crippen LogP contribution in [0.25, 0.3) is 0 Å². The van der Waals surface area contributed by atoms with Crippen molar-refractivity contribution in [2.45, 2.75) is 38.9 Å². The fourth-order valence-corrected chi connectivity index (χ4v) is 7.46. The molecule has 1 spiro atoms. The van der Waals surface area contributed by atoms with Gasteiger partial charge in [0.15, 0.2) is 0 Å². The Labute approximate surface area is 101 Å². The van der Waals surface area contributed by atoms with E-state index in [1.807, 2.05) is 0 Å². The number of hydrogen-bond acceptors (Lipinski definition) is 6. The Morgan fingerprint density at radius 1 is 0.938 bits per heavy atom. The van der Waals surface area contributed by atoms with E-state index in [-0.39, 0.29) is 0 Å². The van der Waals surface area contributed by atoms with Gasteiger partial charge in [-0.1, -0.05) is 0 Å². The van der Waals surface area contributed by atoms with Gasteiger partial charge in [0.05, 0.1) is 0 Å². The predicted octanol–water partition coefficient (Wildman–Crippen LogP) is 0.987. The Morgan fingerprint density at radius 3 is 1.44 bits per heavy atom. The molecule has 2 saturated heterocycles. The molecule has 16 heavy (non-hydrogen) atoms. The van der Waals surface area contributed by atoms with Crippen LogP contribution in [-0.4, -0.2) is 38.7 Å². The third kappa shape index (κ3) is 1.59. The molecule has 0 N–H and O–H groups in total. The van der Waals surface area contributed by atoms with Gasteiger partial charge in [0.2, 0.25) is 0 Å². The summed E-state index contributed by atoms with van der Waals surface area (Å²) >= 11 is 2.50. The van der Waals surface area contributed by atoms with Crippen molar-refractivity contribution in [3.8, 4) is 0 Å². The van der Waals surface area contributed by atoms with Crippen LogP contribution in [0.5, 0.6) is 0 Å². The second-order valence-electron chi connectivity index (χ2n) is 4.71. The Morgan fingerprint density at radius 2 is 1.25 bits per heavy atom. The second-order valence-corrected chi connectivity index (χ2v) is 10.7. The molecule has 2 aliphatic heterocycles. The molecule has 0 unspecified atom stereocenters. The average molecular weight is 314 g/mol. The third-order valence-corrected chi connectivity index (χ3v) is 6.52. The first-order valence-corrected chi connectivity index (χ1v) is 8.76. The molecule has 0 aromatic heterocycles. The molecule has 2 heterocycles. The van der Waals surface area contributed by atoms with Crippen molar-refractivity contribution in [3.05, 3.63) is 0 Å². The van der Waals surface area contributed by atoms with Crippen molar-refractivity contribution in [3.63, 3.8) is 0 Å². The maximum absolute atomic E-state index is 11.6. The van der Waals surface area contributed by atoms with Gasteiger partial charge in [-0.25, -0.2) is 0 Å². The van der Waals surface area contributed by atoms with E-state index in [0.29, 0.717) is 0 Å². The number of rotatable bonds is 0. The van der Waals surface area contributed by atoms with Crippen LogP contribution in [0.2, 0.25) is 0 Å². The summed E-state index contributed by atoms with van der Waals surface area (Å²) in [6.07, 6.45) is -4.17. The van der Waals surface area contributed by atoms with Crippen molar-refractivity contribution >= 4 is 33.7 Å².